The lowest BCUT2D eigenvalue weighted by Gasteiger charge is -2.07. The predicted octanol–water partition coefficient (Wildman–Crippen LogP) is 2.66. The van der Waals surface area contributed by atoms with Gasteiger partial charge in [-0.25, -0.2) is 4.79 Å². The van der Waals surface area contributed by atoms with Gasteiger partial charge in [-0.05, 0) is 36.4 Å². The number of nitrogens with zero attached hydrogens (tertiary/aromatic N) is 1. The summed E-state index contributed by atoms with van der Waals surface area (Å²) in [6.07, 6.45) is 3.54. The lowest BCUT2D eigenvalue weighted by Crippen LogP contribution is -2.17. The van der Waals surface area contributed by atoms with Crippen molar-refractivity contribution >= 4 is 46.3 Å². The number of benzene rings is 1. The molecule has 1 amide bonds. The van der Waals surface area contributed by atoms with Gasteiger partial charge in [0.1, 0.15) is 4.32 Å². The number of hydrogen-bond donors (Lipinski definition) is 2. The molecule has 7 heteroatoms. The molecule has 0 bridgehead atoms. The lowest BCUT2D eigenvalue weighted by atomic mass is 10.2. The molecule has 0 aliphatic carbocycles. The summed E-state index contributed by atoms with van der Waals surface area (Å²) in [7, 11) is 0. The summed E-state index contributed by atoms with van der Waals surface area (Å²) in [5, 5.41) is 11.6. The monoisotopic (exact) mass is 330 g/mol. The SMILES string of the molecule is O=C1NC(=S)S/C1=C/c1cccn1-c1cccc(C(=O)O)c1. The van der Waals surface area contributed by atoms with E-state index in [0.29, 0.717) is 14.9 Å². The summed E-state index contributed by atoms with van der Waals surface area (Å²) in [6, 6.07) is 10.3. The van der Waals surface area contributed by atoms with E-state index in [1.807, 2.05) is 22.9 Å². The molecule has 1 aliphatic rings. The van der Waals surface area contributed by atoms with Crippen LogP contribution in [0.3, 0.4) is 0 Å². The average molecular weight is 330 g/mol. The molecule has 2 heterocycles. The number of aromatic nitrogens is 1. The maximum atomic E-state index is 11.7. The molecule has 22 heavy (non-hydrogen) atoms. The number of carbonyl (C=O) groups excluding carboxylic acids is 1. The third-order valence-electron chi connectivity index (χ3n) is 3.07. The van der Waals surface area contributed by atoms with Crippen molar-refractivity contribution in [3.05, 3.63) is 58.8 Å². The Morgan fingerprint density at radius 2 is 2.14 bits per heavy atom. The van der Waals surface area contributed by atoms with Gasteiger partial charge in [0.2, 0.25) is 0 Å². The molecule has 2 N–H and O–H groups in total. The van der Waals surface area contributed by atoms with Crippen LogP contribution in [0, 0.1) is 0 Å². The zero-order chi connectivity index (χ0) is 15.7. The van der Waals surface area contributed by atoms with E-state index < -0.39 is 5.97 Å². The topological polar surface area (TPSA) is 71.3 Å². The Hall–Kier alpha value is -2.38. The van der Waals surface area contributed by atoms with Crippen molar-refractivity contribution in [2.24, 2.45) is 0 Å². The second-order valence-corrected chi connectivity index (χ2v) is 6.23. The van der Waals surface area contributed by atoms with Gasteiger partial charge in [0.15, 0.2) is 0 Å². The second kappa shape index (κ2) is 5.78. The highest BCUT2D eigenvalue weighted by Crippen LogP contribution is 2.27. The largest absolute Gasteiger partial charge is 0.478 e. The van der Waals surface area contributed by atoms with Crippen molar-refractivity contribution in [2.75, 3.05) is 0 Å². The first-order valence-electron chi connectivity index (χ1n) is 6.30. The number of aromatic carboxylic acids is 1. The van der Waals surface area contributed by atoms with Gasteiger partial charge in [0.25, 0.3) is 5.91 Å². The molecule has 2 aromatic rings. The first-order valence-corrected chi connectivity index (χ1v) is 7.53. The Kier molecular flexibility index (Phi) is 3.82. The number of amides is 1. The van der Waals surface area contributed by atoms with Crippen LogP contribution in [0.2, 0.25) is 0 Å². The standard InChI is InChI=1S/C15H10N2O3S2/c18-13-12(22-15(21)16-13)8-11-5-2-6-17(11)10-4-1-3-9(7-10)14(19)20/h1-8H,(H,19,20)(H,16,18,21)/b12-8+. The number of rotatable bonds is 3. The van der Waals surface area contributed by atoms with E-state index in [-0.39, 0.29) is 11.5 Å². The highest BCUT2D eigenvalue weighted by Gasteiger charge is 2.22. The van der Waals surface area contributed by atoms with Crippen LogP contribution in [0.25, 0.3) is 11.8 Å². The summed E-state index contributed by atoms with van der Waals surface area (Å²) in [5.74, 6) is -1.20. The Labute approximate surface area is 135 Å². The van der Waals surface area contributed by atoms with E-state index in [4.69, 9.17) is 17.3 Å². The smallest absolute Gasteiger partial charge is 0.335 e. The van der Waals surface area contributed by atoms with Gasteiger partial charge in [0, 0.05) is 17.6 Å². The van der Waals surface area contributed by atoms with E-state index in [9.17, 15) is 9.59 Å². The maximum absolute atomic E-state index is 11.7. The zero-order valence-corrected chi connectivity index (χ0v) is 12.8. The number of carboxylic acids is 1. The number of nitrogens with one attached hydrogen (secondary N) is 1. The van der Waals surface area contributed by atoms with E-state index in [1.54, 1.807) is 24.3 Å². The molecule has 0 spiro atoms. The minimum absolute atomic E-state index is 0.207. The van der Waals surface area contributed by atoms with Gasteiger partial charge in [-0.3, -0.25) is 4.79 Å². The van der Waals surface area contributed by atoms with Crippen molar-refractivity contribution in [3.63, 3.8) is 0 Å². The van der Waals surface area contributed by atoms with E-state index in [2.05, 4.69) is 5.32 Å². The van der Waals surface area contributed by atoms with Gasteiger partial charge >= 0.3 is 5.97 Å². The maximum Gasteiger partial charge on any atom is 0.335 e. The first-order chi connectivity index (χ1) is 10.5. The summed E-state index contributed by atoms with van der Waals surface area (Å²) in [4.78, 5) is 23.3. The lowest BCUT2D eigenvalue weighted by molar-refractivity contribution is -0.115. The molecule has 0 radical (unpaired) electrons. The van der Waals surface area contributed by atoms with Crippen LogP contribution >= 0.6 is 24.0 Å². The van der Waals surface area contributed by atoms with Crippen LogP contribution in [0.4, 0.5) is 0 Å². The number of hydrogen-bond acceptors (Lipinski definition) is 4. The molecular weight excluding hydrogens is 320 g/mol. The van der Waals surface area contributed by atoms with Crippen molar-refractivity contribution in [1.82, 2.24) is 9.88 Å². The molecule has 1 aliphatic heterocycles. The molecule has 1 fully saturated rings. The molecule has 1 aromatic carbocycles. The van der Waals surface area contributed by atoms with Crippen molar-refractivity contribution in [2.45, 2.75) is 0 Å². The molecule has 5 nitrogen and oxygen atoms in total. The third kappa shape index (κ3) is 2.81. The van der Waals surface area contributed by atoms with Crippen molar-refractivity contribution in [3.8, 4) is 5.69 Å². The number of carboxylic acid groups (broad SMARTS) is 1. The Morgan fingerprint density at radius 3 is 2.82 bits per heavy atom. The van der Waals surface area contributed by atoms with Crippen LogP contribution in [-0.4, -0.2) is 25.9 Å². The van der Waals surface area contributed by atoms with Crippen LogP contribution in [0.5, 0.6) is 0 Å². The van der Waals surface area contributed by atoms with Crippen LogP contribution in [0.1, 0.15) is 16.1 Å². The summed E-state index contributed by atoms with van der Waals surface area (Å²) >= 11 is 6.17. The van der Waals surface area contributed by atoms with Crippen molar-refractivity contribution < 1.29 is 14.7 Å². The van der Waals surface area contributed by atoms with Crippen LogP contribution < -0.4 is 5.32 Å². The molecule has 110 valence electrons. The van der Waals surface area contributed by atoms with E-state index >= 15 is 0 Å². The minimum Gasteiger partial charge on any atom is -0.478 e. The Balaban J connectivity index is 2.01. The number of carbonyl (C=O) groups is 2. The molecule has 0 saturated carbocycles. The Morgan fingerprint density at radius 1 is 1.32 bits per heavy atom. The van der Waals surface area contributed by atoms with Crippen LogP contribution in [-0.2, 0) is 4.79 Å². The van der Waals surface area contributed by atoms with Crippen molar-refractivity contribution in [1.29, 1.82) is 0 Å². The van der Waals surface area contributed by atoms with E-state index in [1.165, 1.54) is 17.8 Å². The van der Waals surface area contributed by atoms with Gasteiger partial charge < -0.3 is 15.0 Å². The van der Waals surface area contributed by atoms with Gasteiger partial charge in [-0.15, -0.1) is 0 Å². The average Bonchev–Trinajstić information content (AvgIpc) is 3.06. The number of thiocarbonyl (C=S) groups is 1. The molecule has 0 unspecified atom stereocenters. The first kappa shape index (κ1) is 14.6. The minimum atomic E-state index is -0.981. The summed E-state index contributed by atoms with van der Waals surface area (Å²) in [5.41, 5.74) is 1.69. The molecule has 0 atom stereocenters. The Bertz CT molecular complexity index is 824. The fraction of sp³-hybridized carbons (Fsp3) is 0. The fourth-order valence-corrected chi connectivity index (χ4v) is 3.12. The normalized spacial score (nSPS) is 16.1. The second-order valence-electron chi connectivity index (χ2n) is 4.51. The van der Waals surface area contributed by atoms with Gasteiger partial charge in [-0.1, -0.05) is 30.0 Å². The third-order valence-corrected chi connectivity index (χ3v) is 4.24. The van der Waals surface area contributed by atoms with E-state index in [0.717, 1.165) is 5.69 Å². The molecule has 1 saturated heterocycles. The molecular formula is C15H10N2O3S2. The van der Waals surface area contributed by atoms with Gasteiger partial charge in [-0.2, -0.15) is 0 Å². The number of thioether (sulfide) groups is 1. The summed E-state index contributed by atoms with van der Waals surface area (Å²) in [6.45, 7) is 0. The van der Waals surface area contributed by atoms with Gasteiger partial charge in [0.05, 0.1) is 10.5 Å². The highest BCUT2D eigenvalue weighted by molar-refractivity contribution is 8.26. The highest BCUT2D eigenvalue weighted by atomic mass is 32.2. The quantitative estimate of drug-likeness (QED) is 0.669. The van der Waals surface area contributed by atoms with Crippen LogP contribution in [0.15, 0.2) is 47.5 Å². The summed E-state index contributed by atoms with van der Waals surface area (Å²) < 4.78 is 2.25. The molecule has 1 aromatic heterocycles. The predicted molar refractivity (Wildman–Crippen MR) is 89.0 cm³/mol. The zero-order valence-electron chi connectivity index (χ0n) is 11.1. The fourth-order valence-electron chi connectivity index (χ4n) is 2.09. The molecule has 3 rings (SSSR count).